The fourth-order valence-corrected chi connectivity index (χ4v) is 4.43. The Hall–Kier alpha value is -2.87. The van der Waals surface area contributed by atoms with Crippen molar-refractivity contribution in [1.29, 1.82) is 0 Å². The number of benzene rings is 2. The average Bonchev–Trinajstić information content (AvgIpc) is 2.63. The van der Waals surface area contributed by atoms with Gasteiger partial charge < -0.3 is 10.1 Å². The molecule has 0 spiro atoms. The van der Waals surface area contributed by atoms with Gasteiger partial charge in [-0.05, 0) is 55.7 Å². The summed E-state index contributed by atoms with van der Waals surface area (Å²) in [6.45, 7) is 5.46. The normalized spacial score (nSPS) is 12.2. The van der Waals surface area contributed by atoms with Crippen LogP contribution in [-0.4, -0.2) is 39.7 Å². The number of carbonyl (C=O) groups is 2. The van der Waals surface area contributed by atoms with E-state index in [2.05, 4.69) is 5.32 Å². The maximum Gasteiger partial charge on any atom is 0.339 e. The predicted molar refractivity (Wildman–Crippen MR) is 114 cm³/mol. The van der Waals surface area contributed by atoms with Crippen molar-refractivity contribution in [3.05, 3.63) is 59.2 Å². The molecule has 2 rings (SSSR count). The van der Waals surface area contributed by atoms with E-state index < -0.39 is 27.9 Å². The highest BCUT2D eigenvalue weighted by Gasteiger charge is 2.32. The lowest BCUT2D eigenvalue weighted by atomic mass is 10.1. The van der Waals surface area contributed by atoms with Crippen molar-refractivity contribution < 1.29 is 22.7 Å². The zero-order valence-electron chi connectivity index (χ0n) is 17.2. The molecule has 0 aliphatic rings. The van der Waals surface area contributed by atoms with E-state index in [9.17, 15) is 18.0 Å². The second-order valence-corrected chi connectivity index (χ2v) is 8.71. The number of anilines is 2. The Bertz CT molecular complexity index is 997. The van der Waals surface area contributed by atoms with E-state index in [4.69, 9.17) is 4.74 Å². The van der Waals surface area contributed by atoms with Crippen LogP contribution in [0.3, 0.4) is 0 Å². The predicted octanol–water partition coefficient (Wildman–Crippen LogP) is 3.27. The molecule has 2 aromatic rings. The van der Waals surface area contributed by atoms with Gasteiger partial charge in [-0.3, -0.25) is 9.10 Å². The molecule has 1 amide bonds. The van der Waals surface area contributed by atoms with E-state index in [1.807, 2.05) is 19.9 Å². The lowest BCUT2D eigenvalue weighted by Gasteiger charge is -2.30. The highest BCUT2D eigenvalue weighted by molar-refractivity contribution is 7.92. The number of hydrogen-bond acceptors (Lipinski definition) is 5. The first-order valence-corrected chi connectivity index (χ1v) is 11.0. The quantitative estimate of drug-likeness (QED) is 0.697. The molecule has 8 heteroatoms. The summed E-state index contributed by atoms with van der Waals surface area (Å²) in [7, 11) is -2.50. The Morgan fingerprint density at radius 1 is 1.10 bits per heavy atom. The number of carbonyl (C=O) groups excluding carboxylic acids is 2. The Labute approximate surface area is 171 Å². The number of nitrogens with zero attached hydrogens (tertiary/aromatic N) is 1. The Kier molecular flexibility index (Phi) is 7.02. The molecule has 0 aromatic heterocycles. The zero-order chi connectivity index (χ0) is 21.8. The van der Waals surface area contributed by atoms with Gasteiger partial charge in [0.1, 0.15) is 6.04 Å². The third kappa shape index (κ3) is 5.35. The number of aryl methyl sites for hydroxylation is 2. The molecule has 7 nitrogen and oxygen atoms in total. The van der Waals surface area contributed by atoms with Crippen LogP contribution in [0.2, 0.25) is 0 Å². The lowest BCUT2D eigenvalue weighted by molar-refractivity contribution is -0.117. The van der Waals surface area contributed by atoms with Crippen molar-refractivity contribution in [2.45, 2.75) is 33.2 Å². The van der Waals surface area contributed by atoms with Crippen molar-refractivity contribution in [2.24, 2.45) is 0 Å². The smallest absolute Gasteiger partial charge is 0.339 e. The van der Waals surface area contributed by atoms with Crippen LogP contribution in [-0.2, 0) is 19.6 Å². The van der Waals surface area contributed by atoms with E-state index in [0.717, 1.165) is 21.7 Å². The summed E-state index contributed by atoms with van der Waals surface area (Å²) in [5.41, 5.74) is 2.65. The highest BCUT2D eigenvalue weighted by atomic mass is 32.2. The first-order chi connectivity index (χ1) is 13.6. The molecule has 1 unspecified atom stereocenters. The summed E-state index contributed by atoms with van der Waals surface area (Å²) in [6, 6.07) is 10.8. The van der Waals surface area contributed by atoms with Gasteiger partial charge in [0.05, 0.1) is 30.3 Å². The van der Waals surface area contributed by atoms with E-state index in [1.54, 1.807) is 37.3 Å². The van der Waals surface area contributed by atoms with Crippen molar-refractivity contribution in [1.82, 2.24) is 0 Å². The molecule has 0 heterocycles. The second-order valence-electron chi connectivity index (χ2n) is 6.86. The number of ether oxygens (including phenoxy) is 1. The number of rotatable bonds is 7. The molecule has 0 saturated carbocycles. The van der Waals surface area contributed by atoms with Crippen molar-refractivity contribution in [3.8, 4) is 0 Å². The SMILES string of the molecule is CCC(C(=O)Nc1ccccc1C(=O)OC)N(c1cc(C)cc(C)c1)S(C)(=O)=O. The Morgan fingerprint density at radius 3 is 2.21 bits per heavy atom. The number of sulfonamides is 1. The molecule has 1 atom stereocenters. The van der Waals surface area contributed by atoms with Gasteiger partial charge in [0.15, 0.2) is 0 Å². The molecule has 2 aromatic carbocycles. The van der Waals surface area contributed by atoms with Crippen LogP contribution in [0.4, 0.5) is 11.4 Å². The molecular formula is C21H26N2O5S. The fraction of sp³-hybridized carbons (Fsp3) is 0.333. The number of para-hydroxylation sites is 1. The zero-order valence-corrected chi connectivity index (χ0v) is 18.0. The topological polar surface area (TPSA) is 92.8 Å². The van der Waals surface area contributed by atoms with Gasteiger partial charge in [0, 0.05) is 0 Å². The van der Waals surface area contributed by atoms with E-state index in [0.29, 0.717) is 5.69 Å². The van der Waals surface area contributed by atoms with Crippen molar-refractivity contribution in [3.63, 3.8) is 0 Å². The van der Waals surface area contributed by atoms with Crippen molar-refractivity contribution in [2.75, 3.05) is 23.0 Å². The summed E-state index contributed by atoms with van der Waals surface area (Å²) in [4.78, 5) is 25.0. The number of methoxy groups -OCH3 is 1. The van der Waals surface area contributed by atoms with Crippen molar-refractivity contribution >= 4 is 33.3 Å². The summed E-state index contributed by atoms with van der Waals surface area (Å²) in [5, 5.41) is 2.68. The molecule has 156 valence electrons. The number of nitrogens with one attached hydrogen (secondary N) is 1. The maximum atomic E-state index is 13.1. The maximum absolute atomic E-state index is 13.1. The Morgan fingerprint density at radius 2 is 1.69 bits per heavy atom. The summed E-state index contributed by atoms with van der Waals surface area (Å²) < 4.78 is 31.1. The van der Waals surface area contributed by atoms with Gasteiger partial charge in [-0.25, -0.2) is 13.2 Å². The minimum atomic E-state index is -3.75. The minimum absolute atomic E-state index is 0.190. The van der Waals surface area contributed by atoms with Gasteiger partial charge >= 0.3 is 5.97 Å². The lowest BCUT2D eigenvalue weighted by Crippen LogP contribution is -2.47. The molecule has 0 saturated heterocycles. The third-order valence-corrected chi connectivity index (χ3v) is 5.56. The van der Waals surface area contributed by atoms with Crippen LogP contribution in [0.1, 0.15) is 34.8 Å². The van der Waals surface area contributed by atoms with Crippen LogP contribution in [0.5, 0.6) is 0 Å². The molecule has 0 fully saturated rings. The minimum Gasteiger partial charge on any atom is -0.465 e. The standard InChI is InChI=1S/C21H26N2O5S/c1-6-19(20(24)22-18-10-8-7-9-17(18)21(25)28-4)23(29(5,26)27)16-12-14(2)11-15(3)13-16/h7-13,19H,6H2,1-5H3,(H,22,24). The van der Waals surface area contributed by atoms with Crippen LogP contribution < -0.4 is 9.62 Å². The first kappa shape index (κ1) is 22.4. The summed E-state index contributed by atoms with van der Waals surface area (Å²) in [6.07, 6.45) is 1.31. The van der Waals surface area contributed by atoms with Gasteiger partial charge in [0.2, 0.25) is 15.9 Å². The fourth-order valence-electron chi connectivity index (χ4n) is 3.23. The first-order valence-electron chi connectivity index (χ1n) is 9.14. The van der Waals surface area contributed by atoms with Crippen LogP contribution in [0.15, 0.2) is 42.5 Å². The van der Waals surface area contributed by atoms with Gasteiger partial charge in [-0.15, -0.1) is 0 Å². The summed E-state index contributed by atoms with van der Waals surface area (Å²) in [5.74, 6) is -1.13. The van der Waals surface area contributed by atoms with Crippen LogP contribution in [0, 0.1) is 13.8 Å². The molecule has 1 N–H and O–H groups in total. The third-order valence-electron chi connectivity index (χ3n) is 4.38. The van der Waals surface area contributed by atoms with E-state index in [1.165, 1.54) is 13.2 Å². The van der Waals surface area contributed by atoms with Crippen LogP contribution >= 0.6 is 0 Å². The number of amides is 1. The number of esters is 1. The average molecular weight is 419 g/mol. The van der Waals surface area contributed by atoms with Gasteiger partial charge in [-0.1, -0.05) is 25.1 Å². The molecular weight excluding hydrogens is 392 g/mol. The molecule has 0 aliphatic carbocycles. The molecule has 0 bridgehead atoms. The molecule has 29 heavy (non-hydrogen) atoms. The number of hydrogen-bond donors (Lipinski definition) is 1. The largest absolute Gasteiger partial charge is 0.465 e. The Balaban J connectivity index is 2.46. The van der Waals surface area contributed by atoms with Crippen LogP contribution in [0.25, 0.3) is 0 Å². The molecule has 0 radical (unpaired) electrons. The summed E-state index contributed by atoms with van der Waals surface area (Å²) >= 11 is 0. The second kappa shape index (κ2) is 9.09. The highest BCUT2D eigenvalue weighted by Crippen LogP contribution is 2.26. The monoisotopic (exact) mass is 418 g/mol. The van der Waals surface area contributed by atoms with E-state index in [-0.39, 0.29) is 17.7 Å². The van der Waals surface area contributed by atoms with Gasteiger partial charge in [-0.2, -0.15) is 0 Å². The van der Waals surface area contributed by atoms with Gasteiger partial charge in [0.25, 0.3) is 0 Å². The molecule has 0 aliphatic heterocycles. The van der Waals surface area contributed by atoms with E-state index >= 15 is 0 Å².